The number of nitrogens with one attached hydrogen (secondary N) is 2. The average molecular weight is 988 g/mol. The van der Waals surface area contributed by atoms with Gasteiger partial charge in [-0.05, 0) is 110 Å². The van der Waals surface area contributed by atoms with E-state index in [0.29, 0.717) is 61.0 Å². The molecule has 3 aromatic heterocycles. The van der Waals surface area contributed by atoms with Crippen LogP contribution in [0.4, 0.5) is 16.6 Å². The average Bonchev–Trinajstić information content (AvgIpc) is 3.96. The lowest BCUT2D eigenvalue weighted by Gasteiger charge is -2.36. The van der Waals surface area contributed by atoms with Crippen molar-refractivity contribution in [3.63, 3.8) is 0 Å². The Morgan fingerprint density at radius 2 is 1.61 bits per heavy atom. The predicted molar refractivity (Wildman–Crippen MR) is 277 cm³/mol. The molecule has 2 saturated heterocycles. The fourth-order valence-electron chi connectivity index (χ4n) is 11.0. The van der Waals surface area contributed by atoms with Crippen LogP contribution in [0, 0.1) is 6.92 Å². The second-order valence-corrected chi connectivity index (χ2v) is 20.3. The molecule has 6 heterocycles. The molecule has 370 valence electrons. The number of aryl methyl sites for hydroxylation is 1. The minimum absolute atomic E-state index is 0.0189. The molecule has 16 nitrogen and oxygen atoms in total. The van der Waals surface area contributed by atoms with Crippen molar-refractivity contribution < 1.29 is 33.8 Å². The van der Waals surface area contributed by atoms with Crippen LogP contribution in [0.15, 0.2) is 91.0 Å². The first-order valence-corrected chi connectivity index (χ1v) is 25.8. The maximum absolute atomic E-state index is 13.7. The van der Waals surface area contributed by atoms with E-state index in [1.165, 1.54) is 11.3 Å². The third-order valence-corrected chi connectivity index (χ3v) is 15.8. The Morgan fingerprint density at radius 1 is 0.819 bits per heavy atom. The van der Waals surface area contributed by atoms with Gasteiger partial charge in [0.2, 0.25) is 11.8 Å². The number of fused-ring (bicyclic) bond motifs is 3. The molecule has 11 rings (SSSR count). The van der Waals surface area contributed by atoms with Crippen LogP contribution in [0.3, 0.4) is 0 Å². The number of para-hydroxylation sites is 2. The molecule has 0 radical (unpaired) electrons. The van der Waals surface area contributed by atoms with Gasteiger partial charge in [0.15, 0.2) is 10.8 Å². The Hall–Kier alpha value is -7.21. The lowest BCUT2D eigenvalue weighted by atomic mass is 9.92. The van der Waals surface area contributed by atoms with Crippen molar-refractivity contribution in [2.45, 2.75) is 76.5 Å². The van der Waals surface area contributed by atoms with Crippen molar-refractivity contribution >= 4 is 72.8 Å². The summed E-state index contributed by atoms with van der Waals surface area (Å²) in [6.45, 7) is 8.08. The van der Waals surface area contributed by atoms with E-state index in [2.05, 4.69) is 31.5 Å². The van der Waals surface area contributed by atoms with E-state index >= 15 is 0 Å². The summed E-state index contributed by atoms with van der Waals surface area (Å²) < 4.78 is 15.9. The summed E-state index contributed by atoms with van der Waals surface area (Å²) in [5.41, 5.74) is 8.31. The van der Waals surface area contributed by atoms with Gasteiger partial charge in [-0.3, -0.25) is 34.6 Å². The molecule has 3 amide bonds. The molecule has 3 aliphatic heterocycles. The summed E-state index contributed by atoms with van der Waals surface area (Å²) in [6.07, 6.45) is 5.18. The Kier molecular flexibility index (Phi) is 13.2. The maximum atomic E-state index is 13.7. The lowest BCUT2D eigenvalue weighted by Crippen LogP contribution is -2.47. The van der Waals surface area contributed by atoms with Gasteiger partial charge < -0.3 is 24.4 Å². The highest BCUT2D eigenvalue weighted by molar-refractivity contribution is 7.22. The van der Waals surface area contributed by atoms with Gasteiger partial charge in [-0.25, -0.2) is 14.8 Å². The molecule has 0 spiro atoms. The number of rotatable bonds is 13. The number of piperidine rings is 1. The number of benzene rings is 4. The number of imide groups is 1. The van der Waals surface area contributed by atoms with Crippen LogP contribution in [-0.2, 0) is 34.3 Å². The number of piperazine rings is 1. The summed E-state index contributed by atoms with van der Waals surface area (Å²) in [5, 5.41) is 22.3. The van der Waals surface area contributed by atoms with Crippen LogP contribution in [-0.4, -0.2) is 112 Å². The number of hydrogen-bond donors (Lipinski definition) is 3. The Balaban J connectivity index is 0.672. The molecule has 1 saturated carbocycles. The molecule has 7 aromatic rings. The van der Waals surface area contributed by atoms with E-state index < -0.39 is 11.9 Å². The zero-order valence-corrected chi connectivity index (χ0v) is 41.3. The topological polar surface area (TPSA) is 184 Å². The molecule has 72 heavy (non-hydrogen) atoms. The number of pyridine rings is 1. The molecule has 1 unspecified atom stereocenters. The number of carboxylic acids is 1. The summed E-state index contributed by atoms with van der Waals surface area (Å²) in [6, 6.07) is 29.2. The van der Waals surface area contributed by atoms with Crippen LogP contribution in [0.25, 0.3) is 32.2 Å². The predicted octanol–water partition coefficient (Wildman–Crippen LogP) is 8.12. The third kappa shape index (κ3) is 9.51. The largest absolute Gasteiger partial charge is 0.490 e. The molecular formula is C55H57N9O7S. The molecule has 4 aliphatic rings. The molecule has 3 fully saturated rings. The van der Waals surface area contributed by atoms with E-state index in [4.69, 9.17) is 19.6 Å². The van der Waals surface area contributed by atoms with Gasteiger partial charge in [0.05, 0.1) is 51.8 Å². The van der Waals surface area contributed by atoms with Gasteiger partial charge in [0, 0.05) is 75.8 Å². The summed E-state index contributed by atoms with van der Waals surface area (Å²) in [4.78, 5) is 67.3. The van der Waals surface area contributed by atoms with Crippen molar-refractivity contribution in [2.75, 3.05) is 61.0 Å². The second kappa shape index (κ2) is 20.1. The van der Waals surface area contributed by atoms with Gasteiger partial charge in [-0.2, -0.15) is 5.10 Å². The summed E-state index contributed by atoms with van der Waals surface area (Å²) in [7, 11) is 1.92. The first-order valence-electron chi connectivity index (χ1n) is 25.0. The van der Waals surface area contributed by atoms with Crippen molar-refractivity contribution in [1.29, 1.82) is 0 Å². The summed E-state index contributed by atoms with van der Waals surface area (Å²) >= 11 is 1.43. The molecular weight excluding hydrogens is 931 g/mol. The van der Waals surface area contributed by atoms with Crippen molar-refractivity contribution in [3.8, 4) is 16.9 Å². The number of hydrogen-bond acceptors (Lipinski definition) is 13. The third-order valence-electron chi connectivity index (χ3n) is 14.8. The maximum Gasteiger partial charge on any atom is 0.355 e. The van der Waals surface area contributed by atoms with E-state index in [9.17, 15) is 24.3 Å². The molecule has 4 aromatic carbocycles. The van der Waals surface area contributed by atoms with Crippen LogP contribution < -0.4 is 25.2 Å². The minimum atomic E-state index is -1.12. The number of thiazole rings is 1. The number of nitrogens with zero attached hydrogens (tertiary/aromatic N) is 7. The van der Waals surface area contributed by atoms with Crippen LogP contribution >= 0.6 is 11.3 Å². The highest BCUT2D eigenvalue weighted by atomic mass is 32.1. The van der Waals surface area contributed by atoms with Crippen LogP contribution in [0.2, 0.25) is 0 Å². The number of aromatic nitrogens is 4. The summed E-state index contributed by atoms with van der Waals surface area (Å²) in [5.74, 6) is -1.02. The van der Waals surface area contributed by atoms with Gasteiger partial charge in [-0.15, -0.1) is 0 Å². The number of carboxylic acid groups (broad SMARTS) is 1. The number of ether oxygens (including phenoxy) is 2. The number of carbonyl (C=O) groups excluding carboxylic acids is 3. The first-order chi connectivity index (χ1) is 35.0. The van der Waals surface area contributed by atoms with Gasteiger partial charge in [0.25, 0.3) is 5.91 Å². The lowest BCUT2D eigenvalue weighted by molar-refractivity contribution is -0.134. The highest BCUT2D eigenvalue weighted by Gasteiger charge is 2.33. The first kappa shape index (κ1) is 47.1. The number of aromatic carboxylic acids is 1. The minimum Gasteiger partial charge on any atom is -0.490 e. The molecule has 0 bridgehead atoms. The van der Waals surface area contributed by atoms with Gasteiger partial charge in [-0.1, -0.05) is 59.9 Å². The SMILES string of the molecule is Cc1c(OC2CCC(OCCN3CCN(c4cccc5c(C6CCC(=O)NC6=O)nn(C)c45)CC3)CC2)cccc1-c1ccc(N2CCc3cccc(C(=O)Nc4nc5ccccc5s4)c3C2)nc1C(=O)O. The van der Waals surface area contributed by atoms with E-state index in [1.54, 1.807) is 0 Å². The van der Waals surface area contributed by atoms with E-state index in [1.807, 2.05) is 108 Å². The van der Waals surface area contributed by atoms with Crippen LogP contribution in [0.5, 0.6) is 5.75 Å². The van der Waals surface area contributed by atoms with Crippen molar-refractivity contribution in [1.82, 2.24) is 30.0 Å². The van der Waals surface area contributed by atoms with E-state index in [0.717, 1.165) is 119 Å². The van der Waals surface area contributed by atoms with E-state index in [-0.39, 0.29) is 35.6 Å². The number of amides is 3. The van der Waals surface area contributed by atoms with Crippen molar-refractivity contribution in [2.24, 2.45) is 7.05 Å². The Morgan fingerprint density at radius 3 is 2.42 bits per heavy atom. The fourth-order valence-corrected chi connectivity index (χ4v) is 11.8. The number of carbonyl (C=O) groups is 4. The molecule has 1 aliphatic carbocycles. The quantitative estimate of drug-likeness (QED) is 0.0943. The molecule has 17 heteroatoms. The molecule has 1 atom stereocenters. The van der Waals surface area contributed by atoms with Gasteiger partial charge in [0.1, 0.15) is 11.6 Å². The van der Waals surface area contributed by atoms with Crippen molar-refractivity contribution in [3.05, 3.63) is 125 Å². The van der Waals surface area contributed by atoms with Gasteiger partial charge >= 0.3 is 5.97 Å². The standard InChI is InChI=1S/C55H57N9O7S/c1-33-37(38-20-22-47(57-50(38)54(68)69)64-25-24-34-8-5-10-39(42(34)32-64)52(66)59-55-56-43-12-3-4-15-46(43)72-55)9-7-14-45(33)71-36-18-16-35(17-19-36)70-31-30-62-26-28-63(29-27-62)44-13-6-11-40-49(60-61(2)51(40)44)41-21-23-48(65)58-53(41)67/h3-15,20,22,35-36,41H,16-19,21,23-32H2,1-2H3,(H,68,69)(H,56,59,66)(H,58,65,67). The smallest absolute Gasteiger partial charge is 0.355 e. The highest BCUT2D eigenvalue weighted by Crippen LogP contribution is 2.38. The zero-order valence-electron chi connectivity index (χ0n) is 40.4. The van der Waals surface area contributed by atoms with Crippen LogP contribution in [0.1, 0.15) is 87.7 Å². The normalized spacial score (nSPS) is 19.6. The fraction of sp³-hybridized carbons (Fsp3) is 0.364. The number of anilines is 3. The Labute approximate surface area is 420 Å². The zero-order chi connectivity index (χ0) is 49.5. The monoisotopic (exact) mass is 987 g/mol. The molecule has 3 N–H and O–H groups in total. The Bertz CT molecular complexity index is 3190. The second-order valence-electron chi connectivity index (χ2n) is 19.3.